The molecule has 0 aliphatic heterocycles. The zero-order valence-electron chi connectivity index (χ0n) is 64.1. The molecule has 0 radical (unpaired) electrons. The van der Waals surface area contributed by atoms with E-state index in [1.165, 1.54) is 161 Å². The Labute approximate surface area is 610 Å². The van der Waals surface area contributed by atoms with Gasteiger partial charge in [0.1, 0.15) is 19.3 Å². The summed E-state index contributed by atoms with van der Waals surface area (Å²) in [7, 11) is -9.94. The first-order valence-corrected chi connectivity index (χ1v) is 43.9. The van der Waals surface area contributed by atoms with Crippen LogP contribution in [0.25, 0.3) is 0 Å². The maximum absolute atomic E-state index is 13.1. The van der Waals surface area contributed by atoms with Gasteiger partial charge in [-0.25, -0.2) is 9.13 Å². The predicted octanol–water partition coefficient (Wildman–Crippen LogP) is 23.7. The Kier molecular flexibility index (Phi) is 72.1. The van der Waals surface area contributed by atoms with E-state index < -0.39 is 97.5 Å². The summed E-state index contributed by atoms with van der Waals surface area (Å²) in [5, 5.41) is 10.6. The van der Waals surface area contributed by atoms with Crippen molar-refractivity contribution in [2.45, 2.75) is 406 Å². The molecule has 5 atom stereocenters. The first-order valence-electron chi connectivity index (χ1n) is 40.9. The highest BCUT2D eigenvalue weighted by Gasteiger charge is 2.30. The van der Waals surface area contributed by atoms with Crippen LogP contribution in [0.2, 0.25) is 0 Å². The molecule has 586 valence electrons. The molecule has 100 heavy (non-hydrogen) atoms. The average molecular weight is 1460 g/mol. The van der Waals surface area contributed by atoms with Crippen LogP contribution in [-0.4, -0.2) is 96.7 Å². The van der Waals surface area contributed by atoms with Crippen LogP contribution in [0.3, 0.4) is 0 Å². The Morgan fingerprint density at radius 1 is 0.280 bits per heavy atom. The van der Waals surface area contributed by atoms with Gasteiger partial charge in [-0.15, -0.1) is 0 Å². The lowest BCUT2D eigenvalue weighted by Gasteiger charge is -2.21. The number of hydrogen-bond acceptors (Lipinski definition) is 15. The van der Waals surface area contributed by atoms with Crippen molar-refractivity contribution in [3.63, 3.8) is 0 Å². The molecule has 0 saturated heterocycles. The number of carbonyl (C=O) groups is 4. The Morgan fingerprint density at radius 2 is 0.490 bits per heavy atom. The molecule has 0 aromatic rings. The molecule has 19 heteroatoms. The van der Waals surface area contributed by atoms with Crippen molar-refractivity contribution in [3.05, 3.63) is 48.6 Å². The summed E-state index contributed by atoms with van der Waals surface area (Å²) in [6, 6.07) is 0. The smallest absolute Gasteiger partial charge is 0.462 e. The molecule has 0 aromatic heterocycles. The number of carbonyl (C=O) groups excluding carboxylic acids is 4. The molecule has 0 saturated carbocycles. The normalized spacial score (nSPS) is 14.1. The number of allylic oxidation sites excluding steroid dienone is 8. The van der Waals surface area contributed by atoms with E-state index in [1.54, 1.807) is 0 Å². The molecule has 0 fully saturated rings. The van der Waals surface area contributed by atoms with Crippen molar-refractivity contribution in [2.75, 3.05) is 39.6 Å². The molecule has 0 aliphatic rings. The number of esters is 4. The van der Waals surface area contributed by atoms with Gasteiger partial charge in [-0.05, 0) is 109 Å². The molecule has 0 amide bonds. The molecule has 0 bridgehead atoms. The number of aliphatic hydroxyl groups excluding tert-OH is 1. The number of ether oxygens (including phenoxy) is 4. The van der Waals surface area contributed by atoms with Crippen LogP contribution in [-0.2, 0) is 65.4 Å². The zero-order chi connectivity index (χ0) is 73.2. The van der Waals surface area contributed by atoms with Gasteiger partial charge in [-0.3, -0.25) is 37.3 Å². The number of rotatable bonds is 78. The summed E-state index contributed by atoms with van der Waals surface area (Å²) in [6.45, 7) is 4.89. The van der Waals surface area contributed by atoms with Gasteiger partial charge < -0.3 is 33.8 Å². The fourth-order valence-corrected chi connectivity index (χ4v) is 13.1. The molecule has 2 unspecified atom stereocenters. The van der Waals surface area contributed by atoms with Crippen molar-refractivity contribution in [2.24, 2.45) is 0 Å². The van der Waals surface area contributed by atoms with Crippen molar-refractivity contribution >= 4 is 39.5 Å². The molecule has 3 N–H and O–H groups in total. The number of phosphoric ester groups is 2. The summed E-state index contributed by atoms with van der Waals surface area (Å²) >= 11 is 0. The molecule has 0 heterocycles. The fourth-order valence-electron chi connectivity index (χ4n) is 11.5. The van der Waals surface area contributed by atoms with Gasteiger partial charge >= 0.3 is 39.5 Å². The molecular weight excluding hydrogens is 1310 g/mol. The molecule has 17 nitrogen and oxygen atoms in total. The average Bonchev–Trinajstić information content (AvgIpc) is 1.25. The van der Waals surface area contributed by atoms with E-state index in [0.717, 1.165) is 148 Å². The molecule has 0 spiro atoms. The second-order valence-corrected chi connectivity index (χ2v) is 30.6. The largest absolute Gasteiger partial charge is 0.472 e. The van der Waals surface area contributed by atoms with Crippen molar-refractivity contribution in [1.29, 1.82) is 0 Å². The third-order valence-electron chi connectivity index (χ3n) is 17.8. The summed E-state index contributed by atoms with van der Waals surface area (Å²) < 4.78 is 68.7. The number of unbranched alkanes of at least 4 members (excludes halogenated alkanes) is 44. The minimum Gasteiger partial charge on any atom is -0.462 e. The van der Waals surface area contributed by atoms with E-state index in [2.05, 4.69) is 76.3 Å². The monoisotopic (exact) mass is 1460 g/mol. The number of aliphatic hydroxyl groups is 1. The Hall–Kier alpha value is -2.98. The summed E-state index contributed by atoms with van der Waals surface area (Å²) in [5.74, 6) is -2.16. The lowest BCUT2D eigenvalue weighted by molar-refractivity contribution is -0.161. The van der Waals surface area contributed by atoms with Gasteiger partial charge in [0.2, 0.25) is 0 Å². The van der Waals surface area contributed by atoms with Crippen molar-refractivity contribution in [3.8, 4) is 0 Å². The Balaban J connectivity index is 5.33. The van der Waals surface area contributed by atoms with Crippen LogP contribution in [0, 0.1) is 0 Å². The fraction of sp³-hybridized carbons (Fsp3) is 0.852. The summed E-state index contributed by atoms with van der Waals surface area (Å²) in [5.41, 5.74) is 0. The van der Waals surface area contributed by atoms with E-state index in [4.69, 9.17) is 37.0 Å². The second kappa shape index (κ2) is 74.3. The number of phosphoric acid groups is 2. The van der Waals surface area contributed by atoms with E-state index in [-0.39, 0.29) is 25.7 Å². The summed E-state index contributed by atoms with van der Waals surface area (Å²) in [6.07, 6.45) is 72.2. The lowest BCUT2D eigenvalue weighted by atomic mass is 10.0. The quantitative estimate of drug-likeness (QED) is 0.0169. The maximum Gasteiger partial charge on any atom is 0.472 e. The first kappa shape index (κ1) is 97.0. The second-order valence-electron chi connectivity index (χ2n) is 27.7. The number of hydrogen-bond donors (Lipinski definition) is 3. The third kappa shape index (κ3) is 73.3. The first-order chi connectivity index (χ1) is 48.7. The Morgan fingerprint density at radius 3 is 0.780 bits per heavy atom. The van der Waals surface area contributed by atoms with Crippen LogP contribution in [0.5, 0.6) is 0 Å². The molecule has 0 aliphatic carbocycles. The van der Waals surface area contributed by atoms with Crippen LogP contribution in [0.4, 0.5) is 0 Å². The van der Waals surface area contributed by atoms with E-state index in [1.807, 2.05) is 0 Å². The van der Waals surface area contributed by atoms with Gasteiger partial charge in [-0.1, -0.05) is 301 Å². The zero-order valence-corrected chi connectivity index (χ0v) is 65.9. The minimum atomic E-state index is -4.97. The molecule has 0 aromatic carbocycles. The highest BCUT2D eigenvalue weighted by atomic mass is 31.2. The van der Waals surface area contributed by atoms with E-state index in [9.17, 15) is 43.2 Å². The van der Waals surface area contributed by atoms with E-state index >= 15 is 0 Å². The van der Waals surface area contributed by atoms with Gasteiger partial charge in [0.15, 0.2) is 12.2 Å². The van der Waals surface area contributed by atoms with Gasteiger partial charge in [0.05, 0.1) is 26.4 Å². The maximum atomic E-state index is 13.1. The highest BCUT2D eigenvalue weighted by molar-refractivity contribution is 7.47. The lowest BCUT2D eigenvalue weighted by Crippen LogP contribution is -2.30. The van der Waals surface area contributed by atoms with Crippen LogP contribution < -0.4 is 0 Å². The molecular formula is C81H150O17P2. The van der Waals surface area contributed by atoms with Crippen LogP contribution >= 0.6 is 15.6 Å². The molecule has 0 rings (SSSR count). The SMILES string of the molecule is CCCCC/C=C\C/C=C\CCCCCCCC(=O)O[C@H](COC(=O)CCCCCCCCC/C=C\CCCCCC)COP(=O)(O)OC[C@H](O)COP(=O)(O)OC[C@@H](COC(=O)CCCCCCC/C=C\CCCCCCCC)OC(=O)CCCCCCCCCCCCCCCCC. The van der Waals surface area contributed by atoms with Crippen LogP contribution in [0.1, 0.15) is 387 Å². The Bertz CT molecular complexity index is 2080. The van der Waals surface area contributed by atoms with Crippen molar-refractivity contribution < 1.29 is 80.2 Å². The standard InChI is InChI=1S/C81H150O17P2/c1-5-9-13-17-21-25-29-33-37-41-45-49-53-57-61-65-78(83)91-71-76(97-80(85)67-63-59-55-51-47-43-39-35-31-27-23-19-15-11-7-3)73-95-99(87,88)93-69-75(82)70-94-100(89,90)96-74-77(98-81(86)68-64-60-56-52-48-44-40-36-32-28-24-20-16-12-8-4)72-92-79(84)66-62-58-54-50-46-42-38-34-30-26-22-18-14-10-6-2/h23,25,27,29,34-35,38-39,75-77,82H,5-22,24,26,28,30-33,36-37,40-74H2,1-4H3,(H,87,88)(H,89,90)/b27-23-,29-25-,38-34-,39-35-/t75-,76+,77+/m0/s1. The van der Waals surface area contributed by atoms with E-state index in [0.29, 0.717) is 25.7 Å². The third-order valence-corrected chi connectivity index (χ3v) is 19.7. The summed E-state index contributed by atoms with van der Waals surface area (Å²) in [4.78, 5) is 73.0. The van der Waals surface area contributed by atoms with Gasteiger partial charge in [-0.2, -0.15) is 0 Å². The van der Waals surface area contributed by atoms with Gasteiger partial charge in [0.25, 0.3) is 0 Å². The topological polar surface area (TPSA) is 237 Å². The predicted molar refractivity (Wildman–Crippen MR) is 409 cm³/mol. The van der Waals surface area contributed by atoms with Gasteiger partial charge in [0, 0.05) is 25.7 Å². The van der Waals surface area contributed by atoms with Crippen LogP contribution in [0.15, 0.2) is 48.6 Å². The van der Waals surface area contributed by atoms with Crippen molar-refractivity contribution in [1.82, 2.24) is 0 Å². The highest BCUT2D eigenvalue weighted by Crippen LogP contribution is 2.45. The minimum absolute atomic E-state index is 0.0831.